The van der Waals surface area contributed by atoms with Crippen LogP contribution in [0.15, 0.2) is 84.3 Å². The highest BCUT2D eigenvalue weighted by Gasteiger charge is 2.34. The molecule has 0 saturated carbocycles. The van der Waals surface area contributed by atoms with Gasteiger partial charge in [0.1, 0.15) is 0 Å². The van der Waals surface area contributed by atoms with Crippen molar-refractivity contribution in [2.75, 3.05) is 16.2 Å². The second kappa shape index (κ2) is 7.83. The molecule has 4 rings (SSSR count). The normalized spacial score (nSPS) is 14.3. The number of nitrogens with one attached hydrogen (secondary N) is 1. The summed E-state index contributed by atoms with van der Waals surface area (Å²) in [7, 11) is -3.79. The van der Waals surface area contributed by atoms with Gasteiger partial charge in [-0.25, -0.2) is 8.42 Å². The first-order valence-electron chi connectivity index (χ1n) is 9.48. The molecule has 5 nitrogen and oxygen atoms in total. The lowest BCUT2D eigenvalue weighted by atomic mass is 10.00. The first kappa shape index (κ1) is 21.6. The van der Waals surface area contributed by atoms with Gasteiger partial charge in [-0.2, -0.15) is 13.2 Å². The third-order valence-corrected chi connectivity index (χ3v) is 6.88. The Labute approximate surface area is 182 Å². The average Bonchev–Trinajstić information content (AvgIpc) is 2.76. The van der Waals surface area contributed by atoms with Crippen LogP contribution >= 0.6 is 0 Å². The Morgan fingerprint density at radius 1 is 1.00 bits per heavy atom. The van der Waals surface area contributed by atoms with Crippen LogP contribution in [0.3, 0.4) is 0 Å². The van der Waals surface area contributed by atoms with Crippen LogP contribution in [0.5, 0.6) is 0 Å². The molecule has 0 unspecified atom stereocenters. The van der Waals surface area contributed by atoms with Crippen LogP contribution in [-0.4, -0.2) is 20.9 Å². The summed E-state index contributed by atoms with van der Waals surface area (Å²) >= 11 is 0. The lowest BCUT2D eigenvalue weighted by molar-refractivity contribution is -0.137. The van der Waals surface area contributed by atoms with Crippen molar-refractivity contribution in [2.45, 2.75) is 11.1 Å². The molecule has 164 valence electrons. The molecule has 0 radical (unpaired) electrons. The summed E-state index contributed by atoms with van der Waals surface area (Å²) in [6.45, 7) is 3.68. The van der Waals surface area contributed by atoms with E-state index in [4.69, 9.17) is 0 Å². The number of halogens is 3. The van der Waals surface area contributed by atoms with E-state index in [0.717, 1.165) is 12.1 Å². The minimum Gasteiger partial charge on any atom is -0.322 e. The number of hydrogen-bond acceptors (Lipinski definition) is 3. The van der Waals surface area contributed by atoms with Crippen molar-refractivity contribution < 1.29 is 26.4 Å². The number of nitrogens with zero attached hydrogens (tertiary/aromatic N) is 1. The van der Waals surface area contributed by atoms with Crippen molar-refractivity contribution >= 4 is 27.3 Å². The van der Waals surface area contributed by atoms with Gasteiger partial charge in [-0.15, -0.1) is 6.58 Å². The van der Waals surface area contributed by atoms with E-state index in [1.54, 1.807) is 24.3 Å². The molecule has 1 N–H and O–H groups in total. The average molecular weight is 458 g/mol. The molecular weight excluding hydrogens is 441 g/mol. The number of hydrogen-bond donors (Lipinski definition) is 1. The molecule has 0 spiro atoms. The van der Waals surface area contributed by atoms with Crippen LogP contribution in [0.2, 0.25) is 0 Å². The van der Waals surface area contributed by atoms with Gasteiger partial charge in [0, 0.05) is 22.4 Å². The van der Waals surface area contributed by atoms with Crippen molar-refractivity contribution in [3.8, 4) is 11.1 Å². The van der Waals surface area contributed by atoms with Gasteiger partial charge < -0.3 is 5.32 Å². The third kappa shape index (κ3) is 3.75. The van der Waals surface area contributed by atoms with Gasteiger partial charge in [0.15, 0.2) is 0 Å². The van der Waals surface area contributed by atoms with Gasteiger partial charge >= 0.3 is 6.18 Å². The van der Waals surface area contributed by atoms with Crippen molar-refractivity contribution in [2.24, 2.45) is 0 Å². The summed E-state index contributed by atoms with van der Waals surface area (Å²) < 4.78 is 65.5. The lowest BCUT2D eigenvalue weighted by Crippen LogP contribution is -2.34. The topological polar surface area (TPSA) is 66.5 Å². The van der Waals surface area contributed by atoms with Crippen molar-refractivity contribution in [1.82, 2.24) is 0 Å². The maximum atomic E-state index is 13.0. The molecule has 0 aliphatic carbocycles. The zero-order valence-corrected chi connectivity index (χ0v) is 17.4. The molecule has 9 heteroatoms. The fourth-order valence-corrected chi connectivity index (χ4v) is 5.20. The van der Waals surface area contributed by atoms with E-state index in [-0.39, 0.29) is 22.7 Å². The Morgan fingerprint density at radius 2 is 1.69 bits per heavy atom. The molecule has 0 bridgehead atoms. The molecular formula is C23H17F3N2O3S. The number of carbonyl (C=O) groups is 1. The SMILES string of the molecule is C=CCN1c2ccc(C(=O)Nc3ccc(C(F)(F)F)cc3)cc2-c2ccccc2S1(=O)=O. The lowest BCUT2D eigenvalue weighted by Gasteiger charge is -2.31. The molecule has 3 aromatic carbocycles. The second-order valence-corrected chi connectivity index (χ2v) is 8.91. The Hall–Kier alpha value is -3.59. The third-order valence-electron chi connectivity index (χ3n) is 5.04. The fraction of sp³-hybridized carbons (Fsp3) is 0.0870. The molecule has 1 aliphatic rings. The maximum Gasteiger partial charge on any atom is 0.416 e. The smallest absolute Gasteiger partial charge is 0.322 e. The molecule has 1 heterocycles. The van der Waals surface area contributed by atoms with Crippen LogP contribution in [0.1, 0.15) is 15.9 Å². The number of benzene rings is 3. The highest BCUT2D eigenvalue weighted by Crippen LogP contribution is 2.43. The van der Waals surface area contributed by atoms with Gasteiger partial charge in [-0.3, -0.25) is 9.10 Å². The zero-order valence-electron chi connectivity index (χ0n) is 16.6. The first-order chi connectivity index (χ1) is 15.1. The highest BCUT2D eigenvalue weighted by molar-refractivity contribution is 7.93. The molecule has 0 fully saturated rings. The van der Waals surface area contributed by atoms with E-state index < -0.39 is 27.7 Å². The number of sulfonamides is 1. The second-order valence-electron chi connectivity index (χ2n) is 7.08. The largest absolute Gasteiger partial charge is 0.416 e. The number of alkyl halides is 3. The van der Waals surface area contributed by atoms with E-state index in [9.17, 15) is 26.4 Å². The summed E-state index contributed by atoms with van der Waals surface area (Å²) in [5, 5.41) is 2.57. The summed E-state index contributed by atoms with van der Waals surface area (Å²) in [6.07, 6.45) is -2.99. The number of anilines is 2. The molecule has 0 atom stereocenters. The Morgan fingerprint density at radius 3 is 2.34 bits per heavy atom. The Kier molecular flexibility index (Phi) is 5.29. The first-order valence-corrected chi connectivity index (χ1v) is 10.9. The number of amides is 1. The van der Waals surface area contributed by atoms with Crippen LogP contribution in [-0.2, 0) is 16.2 Å². The fourth-order valence-electron chi connectivity index (χ4n) is 3.53. The minimum absolute atomic E-state index is 0.0563. The van der Waals surface area contributed by atoms with E-state index >= 15 is 0 Å². The van der Waals surface area contributed by atoms with Crippen LogP contribution in [0.4, 0.5) is 24.5 Å². The van der Waals surface area contributed by atoms with E-state index in [1.165, 1.54) is 40.7 Å². The Bertz CT molecular complexity index is 1320. The summed E-state index contributed by atoms with van der Waals surface area (Å²) in [5.74, 6) is -0.534. The quantitative estimate of drug-likeness (QED) is 0.538. The summed E-state index contributed by atoms with van der Waals surface area (Å²) in [5.41, 5.74) is 1.05. The van der Waals surface area contributed by atoms with Crippen LogP contribution in [0, 0.1) is 0 Å². The summed E-state index contributed by atoms with van der Waals surface area (Å²) in [4.78, 5) is 12.9. The van der Waals surface area contributed by atoms with Gasteiger partial charge in [0.2, 0.25) is 0 Å². The predicted molar refractivity (Wildman–Crippen MR) is 116 cm³/mol. The minimum atomic E-state index is -4.47. The molecule has 32 heavy (non-hydrogen) atoms. The van der Waals surface area contributed by atoms with E-state index in [0.29, 0.717) is 16.8 Å². The molecule has 0 saturated heterocycles. The predicted octanol–water partition coefficient (Wildman–Crippen LogP) is 5.32. The van der Waals surface area contributed by atoms with Crippen molar-refractivity contribution in [1.29, 1.82) is 0 Å². The molecule has 3 aromatic rings. The van der Waals surface area contributed by atoms with Gasteiger partial charge in [-0.05, 0) is 48.5 Å². The Balaban J connectivity index is 1.71. The summed E-state index contributed by atoms with van der Waals surface area (Å²) in [6, 6.07) is 15.2. The van der Waals surface area contributed by atoms with Gasteiger partial charge in [0.25, 0.3) is 15.9 Å². The molecule has 1 amide bonds. The number of carbonyl (C=O) groups excluding carboxylic acids is 1. The van der Waals surface area contributed by atoms with Crippen LogP contribution < -0.4 is 9.62 Å². The number of fused-ring (bicyclic) bond motifs is 3. The van der Waals surface area contributed by atoms with Crippen LogP contribution in [0.25, 0.3) is 11.1 Å². The molecule has 0 aromatic heterocycles. The standard InChI is InChI=1S/C23H17F3N2O3S/c1-2-13-28-20-12-7-15(14-19(20)18-5-3-4-6-21(18)32(28,30)31)22(29)27-17-10-8-16(9-11-17)23(24,25)26/h2-12,14H,1,13H2,(H,27,29). The van der Waals surface area contributed by atoms with Gasteiger partial charge in [0.05, 0.1) is 22.7 Å². The molecule has 1 aliphatic heterocycles. The maximum absolute atomic E-state index is 13.0. The number of rotatable bonds is 4. The van der Waals surface area contributed by atoms with Gasteiger partial charge in [-0.1, -0.05) is 24.3 Å². The van der Waals surface area contributed by atoms with E-state index in [1.807, 2.05) is 0 Å². The monoisotopic (exact) mass is 458 g/mol. The van der Waals surface area contributed by atoms with Crippen molar-refractivity contribution in [3.05, 3.63) is 90.5 Å². The van der Waals surface area contributed by atoms with Crippen molar-refractivity contribution in [3.63, 3.8) is 0 Å². The van der Waals surface area contributed by atoms with E-state index in [2.05, 4.69) is 11.9 Å². The zero-order chi connectivity index (χ0) is 23.1. The highest BCUT2D eigenvalue weighted by atomic mass is 32.2.